The topological polar surface area (TPSA) is 101 Å². The van der Waals surface area contributed by atoms with Crippen LogP contribution in [-0.4, -0.2) is 56.0 Å². The summed E-state index contributed by atoms with van der Waals surface area (Å²) in [6.45, 7) is 0. The molecule has 9 heteroatoms. The highest BCUT2D eigenvalue weighted by Gasteiger charge is 2.31. The first-order valence-corrected chi connectivity index (χ1v) is 9.92. The quantitative estimate of drug-likeness (QED) is 0.841. The van der Waals surface area contributed by atoms with Gasteiger partial charge in [0.05, 0.1) is 18.6 Å². The summed E-state index contributed by atoms with van der Waals surface area (Å²) in [7, 11) is 0.282. The van der Waals surface area contributed by atoms with Crippen molar-refractivity contribution >= 4 is 27.4 Å². The lowest BCUT2D eigenvalue weighted by molar-refractivity contribution is 0.102. The molecule has 1 amide bonds. The Labute approximate surface area is 152 Å². The van der Waals surface area contributed by atoms with Gasteiger partial charge in [-0.15, -0.1) is 0 Å². The number of rotatable bonds is 5. The largest absolute Gasteiger partial charge is 0.497 e. The van der Waals surface area contributed by atoms with Crippen LogP contribution in [0.25, 0.3) is 0 Å². The summed E-state index contributed by atoms with van der Waals surface area (Å²) in [5, 5.41) is 2.76. The lowest BCUT2D eigenvalue weighted by Crippen LogP contribution is -2.34. The first-order valence-electron chi connectivity index (χ1n) is 8.10. The first-order chi connectivity index (χ1) is 12.4. The number of hydrogen-bond donors (Lipinski definition) is 1. The van der Waals surface area contributed by atoms with Gasteiger partial charge < -0.3 is 15.0 Å². The molecule has 1 aliphatic heterocycles. The summed E-state index contributed by atoms with van der Waals surface area (Å²) in [4.78, 5) is 22.6. The van der Waals surface area contributed by atoms with Gasteiger partial charge in [-0.05, 0) is 24.6 Å². The van der Waals surface area contributed by atoms with Crippen LogP contribution in [0.15, 0.2) is 36.5 Å². The zero-order chi connectivity index (χ0) is 18.7. The van der Waals surface area contributed by atoms with Crippen LogP contribution >= 0.6 is 0 Å². The Morgan fingerprint density at radius 2 is 2.15 bits per heavy atom. The highest BCUT2D eigenvalue weighted by Crippen LogP contribution is 2.21. The number of sulfone groups is 1. The normalized spacial score (nSPS) is 18.3. The number of carbonyl (C=O) groups excluding carboxylic acids is 1. The first kappa shape index (κ1) is 18.1. The minimum Gasteiger partial charge on any atom is -0.497 e. The number of aromatic nitrogens is 2. The van der Waals surface area contributed by atoms with Gasteiger partial charge in [-0.1, -0.05) is 6.07 Å². The van der Waals surface area contributed by atoms with Crippen LogP contribution in [0.1, 0.15) is 16.9 Å². The van der Waals surface area contributed by atoms with E-state index in [-0.39, 0.29) is 29.1 Å². The number of benzene rings is 1. The molecule has 0 bridgehead atoms. The molecular formula is C17H20N4O4S. The van der Waals surface area contributed by atoms with Gasteiger partial charge in [-0.3, -0.25) is 4.79 Å². The predicted molar refractivity (Wildman–Crippen MR) is 98.4 cm³/mol. The van der Waals surface area contributed by atoms with Gasteiger partial charge in [0.15, 0.2) is 9.84 Å². The van der Waals surface area contributed by atoms with Crippen molar-refractivity contribution in [2.24, 2.45) is 0 Å². The second-order valence-electron chi connectivity index (χ2n) is 6.10. The fourth-order valence-corrected chi connectivity index (χ4v) is 4.56. The van der Waals surface area contributed by atoms with E-state index in [1.165, 1.54) is 12.3 Å². The van der Waals surface area contributed by atoms with Gasteiger partial charge in [0.1, 0.15) is 11.4 Å². The van der Waals surface area contributed by atoms with Crippen LogP contribution in [-0.2, 0) is 9.84 Å². The lowest BCUT2D eigenvalue weighted by Gasteiger charge is -2.23. The maximum absolute atomic E-state index is 12.5. The molecule has 1 N–H and O–H groups in total. The van der Waals surface area contributed by atoms with E-state index in [1.807, 2.05) is 0 Å². The van der Waals surface area contributed by atoms with Gasteiger partial charge in [0.2, 0.25) is 5.95 Å². The Morgan fingerprint density at radius 1 is 1.35 bits per heavy atom. The van der Waals surface area contributed by atoms with Crippen LogP contribution in [0.2, 0.25) is 0 Å². The Hall–Kier alpha value is -2.68. The molecule has 1 aromatic carbocycles. The van der Waals surface area contributed by atoms with Crippen LogP contribution in [0, 0.1) is 0 Å². The maximum atomic E-state index is 12.5. The molecular weight excluding hydrogens is 356 g/mol. The van der Waals surface area contributed by atoms with Crippen molar-refractivity contribution < 1.29 is 17.9 Å². The third-order valence-corrected chi connectivity index (χ3v) is 6.03. The van der Waals surface area contributed by atoms with E-state index in [0.717, 1.165) is 0 Å². The van der Waals surface area contributed by atoms with Gasteiger partial charge >= 0.3 is 0 Å². The van der Waals surface area contributed by atoms with Gasteiger partial charge in [0, 0.05) is 31.0 Å². The molecule has 3 rings (SSSR count). The van der Waals surface area contributed by atoms with Crippen molar-refractivity contribution in [3.8, 4) is 5.75 Å². The van der Waals surface area contributed by atoms with E-state index in [1.54, 1.807) is 43.3 Å². The zero-order valence-electron chi connectivity index (χ0n) is 14.5. The number of anilines is 2. The van der Waals surface area contributed by atoms with Crippen molar-refractivity contribution in [2.75, 3.05) is 35.9 Å². The van der Waals surface area contributed by atoms with Gasteiger partial charge in [-0.25, -0.2) is 18.4 Å². The average Bonchev–Trinajstić information content (AvgIpc) is 3.01. The van der Waals surface area contributed by atoms with E-state index in [9.17, 15) is 13.2 Å². The molecule has 1 saturated heterocycles. The smallest absolute Gasteiger partial charge is 0.274 e. The van der Waals surface area contributed by atoms with E-state index in [0.29, 0.717) is 23.8 Å². The van der Waals surface area contributed by atoms with E-state index in [4.69, 9.17) is 4.74 Å². The molecule has 2 aromatic rings. The molecule has 0 aliphatic carbocycles. The fraction of sp³-hybridized carbons (Fsp3) is 0.353. The summed E-state index contributed by atoms with van der Waals surface area (Å²) in [5.41, 5.74) is 0.787. The molecule has 0 spiro atoms. The van der Waals surface area contributed by atoms with Crippen molar-refractivity contribution in [1.29, 1.82) is 0 Å². The zero-order valence-corrected chi connectivity index (χ0v) is 15.4. The molecule has 8 nitrogen and oxygen atoms in total. The van der Waals surface area contributed by atoms with E-state index >= 15 is 0 Å². The summed E-state index contributed by atoms with van der Waals surface area (Å²) < 4.78 is 28.5. The molecule has 2 heterocycles. The van der Waals surface area contributed by atoms with Crippen molar-refractivity contribution in [2.45, 2.75) is 12.5 Å². The standard InChI is InChI=1S/C17H20N4O4S/c1-21(13-7-9-26(23,24)11-13)17-18-8-6-15(20-17)16(22)19-12-4-3-5-14(10-12)25-2/h3-6,8,10,13H,7,9,11H2,1-2H3,(H,19,22). The molecule has 0 radical (unpaired) electrons. The summed E-state index contributed by atoms with van der Waals surface area (Å²) in [6.07, 6.45) is 2.02. The highest BCUT2D eigenvalue weighted by atomic mass is 32.2. The summed E-state index contributed by atoms with van der Waals surface area (Å²) in [5.74, 6) is 0.818. The van der Waals surface area contributed by atoms with E-state index < -0.39 is 9.84 Å². The van der Waals surface area contributed by atoms with Gasteiger partial charge in [0.25, 0.3) is 5.91 Å². The maximum Gasteiger partial charge on any atom is 0.274 e. The molecule has 1 unspecified atom stereocenters. The fourth-order valence-electron chi connectivity index (χ4n) is 2.78. The Morgan fingerprint density at radius 3 is 2.85 bits per heavy atom. The number of nitrogens with one attached hydrogen (secondary N) is 1. The van der Waals surface area contributed by atoms with Crippen LogP contribution in [0.5, 0.6) is 5.75 Å². The SMILES string of the molecule is COc1cccc(NC(=O)c2ccnc(N(C)C3CCS(=O)(=O)C3)n2)c1. The summed E-state index contributed by atoms with van der Waals surface area (Å²) >= 11 is 0. The number of carbonyl (C=O) groups is 1. The van der Waals surface area contributed by atoms with Gasteiger partial charge in [-0.2, -0.15) is 0 Å². The molecule has 1 atom stereocenters. The number of amides is 1. The Balaban J connectivity index is 1.75. The highest BCUT2D eigenvalue weighted by molar-refractivity contribution is 7.91. The number of hydrogen-bond acceptors (Lipinski definition) is 7. The third kappa shape index (κ3) is 4.10. The summed E-state index contributed by atoms with van der Waals surface area (Å²) in [6, 6.07) is 8.33. The third-order valence-electron chi connectivity index (χ3n) is 4.27. The Kier molecular flexibility index (Phi) is 5.08. The molecule has 1 aromatic heterocycles. The molecule has 1 fully saturated rings. The molecule has 1 aliphatic rings. The average molecular weight is 376 g/mol. The van der Waals surface area contributed by atoms with Crippen LogP contribution in [0.3, 0.4) is 0 Å². The van der Waals surface area contributed by atoms with Crippen molar-refractivity contribution in [3.63, 3.8) is 0 Å². The minimum atomic E-state index is -3.01. The predicted octanol–water partition coefficient (Wildman–Crippen LogP) is 1.36. The van der Waals surface area contributed by atoms with Crippen LogP contribution in [0.4, 0.5) is 11.6 Å². The van der Waals surface area contributed by atoms with E-state index in [2.05, 4.69) is 15.3 Å². The second kappa shape index (κ2) is 7.28. The monoisotopic (exact) mass is 376 g/mol. The molecule has 26 heavy (non-hydrogen) atoms. The Bertz CT molecular complexity index is 916. The lowest BCUT2D eigenvalue weighted by atomic mass is 10.2. The molecule has 138 valence electrons. The number of methoxy groups -OCH3 is 1. The van der Waals surface area contributed by atoms with Crippen LogP contribution < -0.4 is 15.0 Å². The number of ether oxygens (including phenoxy) is 1. The molecule has 0 saturated carbocycles. The second-order valence-corrected chi connectivity index (χ2v) is 8.32. The minimum absolute atomic E-state index is 0.0765. The van der Waals surface area contributed by atoms with Crippen molar-refractivity contribution in [3.05, 3.63) is 42.2 Å². The number of nitrogens with zero attached hydrogens (tertiary/aromatic N) is 3. The van der Waals surface area contributed by atoms with Crippen molar-refractivity contribution in [1.82, 2.24) is 9.97 Å².